The molecule has 3 rings (SSSR count). The quantitative estimate of drug-likeness (QED) is 0.798. The molecule has 1 heterocycles. The molecule has 21 heavy (non-hydrogen) atoms. The van der Waals surface area contributed by atoms with Crippen molar-refractivity contribution in [2.45, 2.75) is 6.54 Å². The number of nitrogens with zero attached hydrogens (tertiary/aromatic N) is 2. The number of aromatic carboxylic acids is 1. The van der Waals surface area contributed by atoms with E-state index in [0.717, 1.165) is 16.5 Å². The second-order valence-corrected chi connectivity index (χ2v) is 4.83. The fourth-order valence-electron chi connectivity index (χ4n) is 2.41. The largest absolute Gasteiger partial charge is 0.478 e. The minimum atomic E-state index is -0.923. The van der Waals surface area contributed by atoms with Crippen LogP contribution < -0.4 is 0 Å². The number of fused-ring (bicyclic) bond motifs is 1. The van der Waals surface area contributed by atoms with Gasteiger partial charge in [-0.15, -0.1) is 0 Å². The van der Waals surface area contributed by atoms with E-state index in [-0.39, 0.29) is 5.56 Å². The van der Waals surface area contributed by atoms with Gasteiger partial charge in [0.15, 0.2) is 0 Å². The summed E-state index contributed by atoms with van der Waals surface area (Å²) < 4.78 is 2.04. The van der Waals surface area contributed by atoms with E-state index in [0.29, 0.717) is 12.1 Å². The van der Waals surface area contributed by atoms with E-state index in [4.69, 9.17) is 10.4 Å². The van der Waals surface area contributed by atoms with Crippen molar-refractivity contribution >= 4 is 16.9 Å². The van der Waals surface area contributed by atoms with Crippen molar-refractivity contribution < 1.29 is 9.90 Å². The molecule has 0 aliphatic carbocycles. The van der Waals surface area contributed by atoms with Gasteiger partial charge in [-0.3, -0.25) is 0 Å². The van der Waals surface area contributed by atoms with Crippen LogP contribution in [0.2, 0.25) is 0 Å². The predicted octanol–water partition coefficient (Wildman–Crippen LogP) is 3.26. The number of carboxylic acids is 1. The van der Waals surface area contributed by atoms with Gasteiger partial charge in [0.25, 0.3) is 0 Å². The van der Waals surface area contributed by atoms with Crippen molar-refractivity contribution in [3.05, 3.63) is 71.4 Å². The van der Waals surface area contributed by atoms with Crippen molar-refractivity contribution in [1.82, 2.24) is 4.57 Å². The molecular formula is C17H12N2O2. The van der Waals surface area contributed by atoms with Crippen molar-refractivity contribution in [3.63, 3.8) is 0 Å². The summed E-state index contributed by atoms with van der Waals surface area (Å²) in [6.45, 7) is 0.594. The smallest absolute Gasteiger partial charge is 0.335 e. The first kappa shape index (κ1) is 12.9. The summed E-state index contributed by atoms with van der Waals surface area (Å²) in [7, 11) is 0. The molecule has 3 aromatic rings. The number of rotatable bonds is 3. The Bertz CT molecular complexity index is 872. The van der Waals surface area contributed by atoms with Gasteiger partial charge in [0, 0.05) is 23.6 Å². The van der Waals surface area contributed by atoms with Crippen molar-refractivity contribution in [2.75, 3.05) is 0 Å². The zero-order chi connectivity index (χ0) is 14.8. The zero-order valence-corrected chi connectivity index (χ0v) is 11.2. The Balaban J connectivity index is 1.97. The van der Waals surface area contributed by atoms with Crippen molar-refractivity contribution in [3.8, 4) is 6.07 Å². The molecule has 4 heteroatoms. The molecule has 1 N–H and O–H groups in total. The van der Waals surface area contributed by atoms with Crippen LogP contribution in [0.3, 0.4) is 0 Å². The lowest BCUT2D eigenvalue weighted by molar-refractivity contribution is 0.0696. The summed E-state index contributed by atoms with van der Waals surface area (Å²) in [5, 5.41) is 18.9. The van der Waals surface area contributed by atoms with Crippen LogP contribution in [0.25, 0.3) is 10.9 Å². The Morgan fingerprint density at radius 3 is 2.81 bits per heavy atom. The Hall–Kier alpha value is -3.06. The third kappa shape index (κ3) is 2.49. The monoisotopic (exact) mass is 276 g/mol. The summed E-state index contributed by atoms with van der Waals surface area (Å²) in [4.78, 5) is 11.0. The Kier molecular flexibility index (Phi) is 3.17. The van der Waals surface area contributed by atoms with E-state index >= 15 is 0 Å². The molecule has 0 fully saturated rings. The molecule has 1 aromatic heterocycles. The van der Waals surface area contributed by atoms with Crippen LogP contribution in [0.4, 0.5) is 0 Å². The molecule has 0 radical (unpaired) electrons. The van der Waals surface area contributed by atoms with Gasteiger partial charge in [-0.05, 0) is 42.0 Å². The third-order valence-electron chi connectivity index (χ3n) is 3.43. The highest BCUT2D eigenvalue weighted by Crippen LogP contribution is 2.19. The lowest BCUT2D eigenvalue weighted by atomic mass is 10.1. The molecule has 0 aliphatic rings. The summed E-state index contributed by atoms with van der Waals surface area (Å²) in [5.74, 6) is -0.923. The summed E-state index contributed by atoms with van der Waals surface area (Å²) in [6.07, 6.45) is 1.94. The molecule has 0 amide bonds. The summed E-state index contributed by atoms with van der Waals surface area (Å²) >= 11 is 0. The van der Waals surface area contributed by atoms with Gasteiger partial charge < -0.3 is 9.67 Å². The third-order valence-corrected chi connectivity index (χ3v) is 3.43. The number of nitriles is 1. The average molecular weight is 276 g/mol. The molecule has 0 atom stereocenters. The van der Waals surface area contributed by atoms with Crippen LogP contribution >= 0.6 is 0 Å². The van der Waals surface area contributed by atoms with E-state index in [1.165, 1.54) is 0 Å². The first-order chi connectivity index (χ1) is 10.2. The van der Waals surface area contributed by atoms with Gasteiger partial charge in [-0.25, -0.2) is 4.79 Å². The van der Waals surface area contributed by atoms with Crippen molar-refractivity contribution in [1.29, 1.82) is 5.26 Å². The Morgan fingerprint density at radius 2 is 2.05 bits per heavy atom. The number of carboxylic acid groups (broad SMARTS) is 1. The number of hydrogen-bond acceptors (Lipinski definition) is 2. The molecule has 2 aromatic carbocycles. The average Bonchev–Trinajstić information content (AvgIpc) is 2.89. The topological polar surface area (TPSA) is 66.0 Å². The number of aromatic nitrogens is 1. The van der Waals surface area contributed by atoms with Gasteiger partial charge in [0.05, 0.1) is 17.2 Å². The molecular weight excluding hydrogens is 264 g/mol. The lowest BCUT2D eigenvalue weighted by Gasteiger charge is -2.06. The molecule has 4 nitrogen and oxygen atoms in total. The highest BCUT2D eigenvalue weighted by molar-refractivity contribution is 5.87. The fourth-order valence-corrected chi connectivity index (χ4v) is 2.41. The van der Waals surface area contributed by atoms with Gasteiger partial charge in [-0.1, -0.05) is 12.1 Å². The van der Waals surface area contributed by atoms with Crippen LogP contribution in [-0.4, -0.2) is 15.6 Å². The highest BCUT2D eigenvalue weighted by Gasteiger charge is 2.06. The normalized spacial score (nSPS) is 10.4. The van der Waals surface area contributed by atoms with E-state index < -0.39 is 5.97 Å². The zero-order valence-electron chi connectivity index (χ0n) is 11.2. The summed E-state index contributed by atoms with van der Waals surface area (Å²) in [6, 6.07) is 16.5. The van der Waals surface area contributed by atoms with Crippen LogP contribution in [-0.2, 0) is 6.54 Å². The highest BCUT2D eigenvalue weighted by atomic mass is 16.4. The minimum Gasteiger partial charge on any atom is -0.478 e. The minimum absolute atomic E-state index is 0.288. The molecule has 0 unspecified atom stereocenters. The van der Waals surface area contributed by atoms with Gasteiger partial charge in [-0.2, -0.15) is 5.26 Å². The molecule has 0 spiro atoms. The van der Waals surface area contributed by atoms with E-state index in [1.807, 2.05) is 35.0 Å². The second kappa shape index (κ2) is 5.14. The number of carbonyl (C=O) groups is 1. The molecule has 0 saturated heterocycles. The van der Waals surface area contributed by atoms with Crippen LogP contribution in [0.1, 0.15) is 21.5 Å². The first-order valence-electron chi connectivity index (χ1n) is 6.48. The van der Waals surface area contributed by atoms with Gasteiger partial charge in [0.1, 0.15) is 0 Å². The maximum atomic E-state index is 11.0. The number of benzene rings is 2. The van der Waals surface area contributed by atoms with Crippen molar-refractivity contribution in [2.24, 2.45) is 0 Å². The van der Waals surface area contributed by atoms with E-state index in [9.17, 15) is 4.79 Å². The maximum absolute atomic E-state index is 11.0. The standard InChI is InChI=1S/C17H12N2O2/c18-10-12-4-5-16-14(8-12)6-7-19(16)11-13-2-1-3-15(9-13)17(20)21/h1-9H,11H2,(H,20,21). The van der Waals surface area contributed by atoms with Crippen LogP contribution in [0, 0.1) is 11.3 Å². The van der Waals surface area contributed by atoms with Gasteiger partial charge in [0.2, 0.25) is 0 Å². The van der Waals surface area contributed by atoms with Crippen LogP contribution in [0.5, 0.6) is 0 Å². The van der Waals surface area contributed by atoms with E-state index in [1.54, 1.807) is 24.3 Å². The van der Waals surface area contributed by atoms with Gasteiger partial charge >= 0.3 is 5.97 Å². The first-order valence-corrected chi connectivity index (χ1v) is 6.48. The van der Waals surface area contributed by atoms with Crippen LogP contribution in [0.15, 0.2) is 54.7 Å². The summed E-state index contributed by atoms with van der Waals surface area (Å²) in [5.41, 5.74) is 2.87. The Labute approximate surface area is 121 Å². The molecule has 0 aliphatic heterocycles. The second-order valence-electron chi connectivity index (χ2n) is 4.83. The molecule has 0 saturated carbocycles. The fraction of sp³-hybridized carbons (Fsp3) is 0.0588. The van der Waals surface area contributed by atoms with E-state index in [2.05, 4.69) is 6.07 Å². The Morgan fingerprint density at radius 1 is 1.19 bits per heavy atom. The molecule has 102 valence electrons. The SMILES string of the molecule is N#Cc1ccc2c(ccn2Cc2cccc(C(=O)O)c2)c1. The predicted molar refractivity (Wildman–Crippen MR) is 79.2 cm³/mol. The molecule has 0 bridgehead atoms. The lowest BCUT2D eigenvalue weighted by Crippen LogP contribution is -2.01. The maximum Gasteiger partial charge on any atom is 0.335 e. The number of hydrogen-bond donors (Lipinski definition) is 1.